The quantitative estimate of drug-likeness (QED) is 0.354. The molecule has 1 fully saturated rings. The van der Waals surface area contributed by atoms with Crippen LogP contribution in [0.5, 0.6) is 11.5 Å². The van der Waals surface area contributed by atoms with E-state index < -0.39 is 33.8 Å². The normalized spacial score (nSPS) is 19.7. The van der Waals surface area contributed by atoms with Crippen molar-refractivity contribution >= 4 is 27.2 Å². The Bertz CT molecular complexity index is 1390. The lowest BCUT2D eigenvalue weighted by molar-refractivity contribution is -0.130. The van der Waals surface area contributed by atoms with Gasteiger partial charge in [0.2, 0.25) is 15.9 Å². The Morgan fingerprint density at radius 1 is 1.18 bits per heavy atom. The van der Waals surface area contributed by atoms with E-state index in [-0.39, 0.29) is 37.8 Å². The highest BCUT2D eigenvalue weighted by Crippen LogP contribution is 2.43. The Morgan fingerprint density at radius 3 is 2.56 bits per heavy atom. The number of alkyl halides is 3. The predicted molar refractivity (Wildman–Crippen MR) is 145 cm³/mol. The summed E-state index contributed by atoms with van der Waals surface area (Å²) in [5.74, 6) is -2.87. The first kappa shape index (κ1) is 28.9. The second-order valence-electron chi connectivity index (χ2n) is 9.82. The molecule has 2 heterocycles. The van der Waals surface area contributed by atoms with Gasteiger partial charge in [-0.25, -0.2) is 12.8 Å². The molecule has 0 saturated carbocycles. The zero-order chi connectivity index (χ0) is 28.5. The topological polar surface area (TPSA) is 87.7 Å². The molecule has 2 N–H and O–H groups in total. The molecular weight excluding hydrogens is 538 g/mol. The summed E-state index contributed by atoms with van der Waals surface area (Å²) in [6.45, 7) is 4.50. The highest BCUT2D eigenvalue weighted by Gasteiger charge is 2.41. The van der Waals surface area contributed by atoms with Crippen molar-refractivity contribution in [1.29, 1.82) is 0 Å². The Hall–Kier alpha value is -3.12. The molecule has 0 spiro atoms. The Kier molecular flexibility index (Phi) is 8.27. The Balaban J connectivity index is 0.00000294. The zero-order valence-corrected chi connectivity index (χ0v) is 22.6. The smallest absolute Gasteiger partial charge is 0.404 e. The first-order chi connectivity index (χ1) is 18.3. The van der Waals surface area contributed by atoms with Gasteiger partial charge in [0.05, 0.1) is 6.04 Å². The molecule has 0 aromatic heterocycles. The summed E-state index contributed by atoms with van der Waals surface area (Å²) in [4.78, 5) is 14.1. The van der Waals surface area contributed by atoms with Crippen LogP contribution in [-0.2, 0) is 14.8 Å². The molecule has 216 valence electrons. The van der Waals surface area contributed by atoms with Crippen molar-refractivity contribution in [2.75, 3.05) is 24.1 Å². The van der Waals surface area contributed by atoms with E-state index in [1.54, 1.807) is 25.4 Å². The molecule has 7 nitrogen and oxygen atoms in total. The number of sulfonamides is 1. The molecular formula is C27H35F4N3O4S. The highest BCUT2D eigenvalue weighted by atomic mass is 32.2. The van der Waals surface area contributed by atoms with Crippen LogP contribution in [0.25, 0.3) is 5.57 Å². The minimum atomic E-state index is -4.92. The van der Waals surface area contributed by atoms with Crippen molar-refractivity contribution in [1.82, 2.24) is 10.2 Å². The van der Waals surface area contributed by atoms with Gasteiger partial charge < -0.3 is 15.0 Å². The number of carbonyl (C=O) groups excluding carboxylic acids is 1. The number of benzene rings is 2. The van der Waals surface area contributed by atoms with Crippen LogP contribution in [-0.4, -0.2) is 50.8 Å². The molecule has 0 aliphatic carbocycles. The molecule has 2 unspecified atom stereocenters. The lowest BCUT2D eigenvalue weighted by Gasteiger charge is -2.32. The van der Waals surface area contributed by atoms with Gasteiger partial charge in [-0.3, -0.25) is 9.52 Å². The third kappa shape index (κ3) is 6.38. The standard InChI is InChI=1S/C27H31F4N3O4S.2H2/c1-4-16(5-2)18-7-6-8-23(24(18)28)38-22-10-9-17(33-39(36,37)15-27(29,30)31)13-20(22)21-14-34(3)26(35)25-19(21)11-12-32-25;;/h6-10,13-14,16,19,25,32-33H,4-5,11-12,15H2,1-3H3;2*1H. The fourth-order valence-corrected chi connectivity index (χ4v) is 6.25. The first-order valence-corrected chi connectivity index (χ1v) is 14.4. The van der Waals surface area contributed by atoms with Gasteiger partial charge in [0.25, 0.3) is 0 Å². The summed E-state index contributed by atoms with van der Waals surface area (Å²) in [5, 5.41) is 3.16. The second-order valence-corrected chi connectivity index (χ2v) is 11.5. The van der Waals surface area contributed by atoms with Gasteiger partial charge in [0.1, 0.15) is 5.75 Å². The van der Waals surface area contributed by atoms with E-state index in [1.807, 2.05) is 18.6 Å². The maximum Gasteiger partial charge on any atom is 0.404 e. The number of likely N-dealkylation sites (N-methyl/N-ethyl adjacent to an activating group) is 1. The van der Waals surface area contributed by atoms with Crippen LogP contribution in [0.15, 0.2) is 42.6 Å². The van der Waals surface area contributed by atoms with Crippen molar-refractivity contribution in [2.24, 2.45) is 5.92 Å². The average Bonchev–Trinajstić information content (AvgIpc) is 3.34. The van der Waals surface area contributed by atoms with Gasteiger partial charge >= 0.3 is 6.18 Å². The largest absolute Gasteiger partial charge is 0.454 e. The minimum absolute atomic E-state index is 0. The predicted octanol–water partition coefficient (Wildman–Crippen LogP) is 6.11. The van der Waals surface area contributed by atoms with Gasteiger partial charge in [0, 0.05) is 33.3 Å². The summed E-state index contributed by atoms with van der Waals surface area (Å²) in [6, 6.07) is 8.36. The van der Waals surface area contributed by atoms with Crippen LogP contribution in [0, 0.1) is 11.7 Å². The number of nitrogens with one attached hydrogen (secondary N) is 2. The van der Waals surface area contributed by atoms with Crippen LogP contribution >= 0.6 is 0 Å². The maximum absolute atomic E-state index is 15.5. The van der Waals surface area contributed by atoms with Gasteiger partial charge in [-0.15, -0.1) is 0 Å². The first-order valence-electron chi connectivity index (χ1n) is 12.7. The van der Waals surface area contributed by atoms with Crippen LogP contribution in [0.2, 0.25) is 0 Å². The number of ether oxygens (including phenoxy) is 1. The summed E-state index contributed by atoms with van der Waals surface area (Å²) >= 11 is 0. The van der Waals surface area contributed by atoms with E-state index in [2.05, 4.69) is 5.32 Å². The summed E-state index contributed by atoms with van der Waals surface area (Å²) in [5.41, 5.74) is 1.36. The van der Waals surface area contributed by atoms with E-state index in [0.717, 1.165) is 12.8 Å². The molecule has 2 aliphatic rings. The Morgan fingerprint density at radius 2 is 1.90 bits per heavy atom. The number of rotatable bonds is 9. The maximum atomic E-state index is 15.5. The molecule has 39 heavy (non-hydrogen) atoms. The molecule has 0 bridgehead atoms. The van der Waals surface area contributed by atoms with Crippen molar-refractivity contribution in [2.45, 2.75) is 51.2 Å². The molecule has 2 aromatic rings. The molecule has 2 aliphatic heterocycles. The number of nitrogens with zero attached hydrogens (tertiary/aromatic N) is 1. The molecule has 1 saturated heterocycles. The number of carbonyl (C=O) groups is 1. The van der Waals surface area contributed by atoms with Gasteiger partial charge in [-0.1, -0.05) is 26.0 Å². The number of hydrogen-bond acceptors (Lipinski definition) is 5. The van der Waals surface area contributed by atoms with Crippen LogP contribution in [0.3, 0.4) is 0 Å². The van der Waals surface area contributed by atoms with Gasteiger partial charge in [0.15, 0.2) is 17.3 Å². The molecule has 4 rings (SSSR count). The Labute approximate surface area is 228 Å². The molecule has 1 amide bonds. The van der Waals surface area contributed by atoms with Crippen molar-refractivity contribution < 1.29 is 38.4 Å². The van der Waals surface area contributed by atoms with E-state index in [1.165, 1.54) is 29.2 Å². The molecule has 0 radical (unpaired) electrons. The second kappa shape index (κ2) is 11.2. The fraction of sp³-hybridized carbons (Fsp3) is 0.444. The van der Waals surface area contributed by atoms with Crippen LogP contribution in [0.1, 0.15) is 53.0 Å². The fourth-order valence-electron chi connectivity index (χ4n) is 5.26. The average molecular weight is 574 g/mol. The number of hydrogen-bond donors (Lipinski definition) is 2. The molecule has 2 aromatic carbocycles. The van der Waals surface area contributed by atoms with Crippen molar-refractivity contribution in [3.05, 3.63) is 59.5 Å². The van der Waals surface area contributed by atoms with E-state index in [4.69, 9.17) is 4.74 Å². The summed E-state index contributed by atoms with van der Waals surface area (Å²) in [6.07, 6.45) is -1.26. The van der Waals surface area contributed by atoms with E-state index in [9.17, 15) is 26.4 Å². The number of fused-ring (bicyclic) bond motifs is 1. The minimum Gasteiger partial charge on any atom is -0.454 e. The van der Waals surface area contributed by atoms with Crippen LogP contribution in [0.4, 0.5) is 23.2 Å². The third-order valence-electron chi connectivity index (χ3n) is 7.12. The lowest BCUT2D eigenvalue weighted by atomic mass is 9.84. The van der Waals surface area contributed by atoms with E-state index in [0.29, 0.717) is 29.7 Å². The number of anilines is 1. The zero-order valence-electron chi connectivity index (χ0n) is 21.8. The summed E-state index contributed by atoms with van der Waals surface area (Å²) < 4.78 is 86.3. The highest BCUT2D eigenvalue weighted by molar-refractivity contribution is 7.92. The van der Waals surface area contributed by atoms with Crippen LogP contribution < -0.4 is 14.8 Å². The molecule has 12 heteroatoms. The van der Waals surface area contributed by atoms with Gasteiger partial charge in [-0.05, 0) is 67.1 Å². The lowest BCUT2D eigenvalue weighted by Crippen LogP contribution is -2.46. The number of halogens is 4. The third-order valence-corrected chi connectivity index (χ3v) is 8.38. The van der Waals surface area contributed by atoms with E-state index >= 15 is 4.39 Å². The molecule has 2 atom stereocenters. The van der Waals surface area contributed by atoms with Crippen molar-refractivity contribution in [3.63, 3.8) is 0 Å². The van der Waals surface area contributed by atoms with Crippen molar-refractivity contribution in [3.8, 4) is 11.5 Å². The monoisotopic (exact) mass is 573 g/mol. The summed E-state index contributed by atoms with van der Waals surface area (Å²) in [7, 11) is -3.17. The van der Waals surface area contributed by atoms with Gasteiger partial charge in [-0.2, -0.15) is 13.2 Å². The SMILES string of the molecule is CCC(CC)c1cccc(Oc2ccc(NS(=O)(=O)CC(F)(F)F)cc2C2=CN(C)C(=O)C3NCCC23)c1F.[HH].[HH]. The number of amides is 1.